The molecular weight excluding hydrogens is 338 g/mol. The Balaban J connectivity index is 2.08. The van der Waals surface area contributed by atoms with Gasteiger partial charge in [-0.2, -0.15) is 0 Å². The average Bonchev–Trinajstić information content (AvgIpc) is 2.57. The maximum Gasteiger partial charge on any atom is 0.340 e. The third kappa shape index (κ3) is 4.76. The SMILES string of the molecule is Cc1ccc(NC(=O)[C@@H](C)OC(=O)c2ccccc2[S@@](C)=O)c(C)c1. The smallest absolute Gasteiger partial charge is 0.340 e. The molecule has 0 fully saturated rings. The zero-order valence-electron chi connectivity index (χ0n) is 14.7. The number of carbonyl (C=O) groups is 2. The van der Waals surface area contributed by atoms with E-state index in [1.807, 2.05) is 32.0 Å². The highest BCUT2D eigenvalue weighted by Crippen LogP contribution is 2.18. The van der Waals surface area contributed by atoms with Crippen molar-refractivity contribution in [2.75, 3.05) is 11.6 Å². The summed E-state index contributed by atoms with van der Waals surface area (Å²) in [5.74, 6) is -1.09. The van der Waals surface area contributed by atoms with Gasteiger partial charge in [0.2, 0.25) is 0 Å². The molecule has 6 heteroatoms. The molecule has 2 aromatic carbocycles. The van der Waals surface area contributed by atoms with Gasteiger partial charge >= 0.3 is 5.97 Å². The second kappa shape index (κ2) is 8.07. The number of nitrogens with one attached hydrogen (secondary N) is 1. The molecule has 1 amide bonds. The number of ether oxygens (including phenoxy) is 1. The summed E-state index contributed by atoms with van der Waals surface area (Å²) in [5, 5.41) is 2.76. The van der Waals surface area contributed by atoms with E-state index in [0.717, 1.165) is 11.1 Å². The van der Waals surface area contributed by atoms with E-state index >= 15 is 0 Å². The monoisotopic (exact) mass is 359 g/mol. The van der Waals surface area contributed by atoms with E-state index in [1.165, 1.54) is 19.2 Å². The van der Waals surface area contributed by atoms with Gasteiger partial charge in [-0.05, 0) is 44.5 Å². The van der Waals surface area contributed by atoms with Crippen molar-refractivity contribution in [2.24, 2.45) is 0 Å². The first-order valence-corrected chi connectivity index (χ1v) is 9.37. The number of aryl methyl sites for hydroxylation is 2. The summed E-state index contributed by atoms with van der Waals surface area (Å²) in [7, 11) is -1.32. The fraction of sp³-hybridized carbons (Fsp3) is 0.263. The van der Waals surface area contributed by atoms with Gasteiger partial charge in [-0.25, -0.2) is 4.79 Å². The van der Waals surface area contributed by atoms with Gasteiger partial charge in [0.05, 0.1) is 21.3 Å². The summed E-state index contributed by atoms with van der Waals surface area (Å²) in [6.07, 6.45) is 0.508. The number of amides is 1. The van der Waals surface area contributed by atoms with Gasteiger partial charge in [-0.15, -0.1) is 0 Å². The van der Waals surface area contributed by atoms with Crippen LogP contribution < -0.4 is 5.32 Å². The second-order valence-corrected chi connectivity index (χ2v) is 7.15. The molecule has 0 radical (unpaired) electrons. The Bertz CT molecular complexity index is 832. The molecule has 0 saturated carbocycles. The number of hydrogen-bond donors (Lipinski definition) is 1. The number of hydrogen-bond acceptors (Lipinski definition) is 4. The van der Waals surface area contributed by atoms with Gasteiger partial charge in [0.15, 0.2) is 6.10 Å². The molecule has 2 aromatic rings. The number of benzene rings is 2. The molecule has 0 unspecified atom stereocenters. The zero-order valence-corrected chi connectivity index (χ0v) is 15.5. The molecule has 25 heavy (non-hydrogen) atoms. The van der Waals surface area contributed by atoms with E-state index in [4.69, 9.17) is 4.74 Å². The second-order valence-electron chi connectivity index (χ2n) is 5.81. The molecule has 0 aliphatic rings. The van der Waals surface area contributed by atoms with Crippen molar-refractivity contribution in [1.29, 1.82) is 0 Å². The largest absolute Gasteiger partial charge is 0.449 e. The molecule has 132 valence electrons. The minimum Gasteiger partial charge on any atom is -0.449 e. The Kier molecular flexibility index (Phi) is 6.09. The third-order valence-electron chi connectivity index (χ3n) is 3.71. The van der Waals surface area contributed by atoms with Crippen molar-refractivity contribution in [3.63, 3.8) is 0 Å². The van der Waals surface area contributed by atoms with Crippen molar-refractivity contribution < 1.29 is 18.5 Å². The van der Waals surface area contributed by atoms with Crippen molar-refractivity contribution in [2.45, 2.75) is 31.8 Å². The van der Waals surface area contributed by atoms with Crippen molar-refractivity contribution in [3.8, 4) is 0 Å². The van der Waals surface area contributed by atoms with Crippen LogP contribution >= 0.6 is 0 Å². The van der Waals surface area contributed by atoms with Crippen molar-refractivity contribution in [3.05, 3.63) is 59.2 Å². The van der Waals surface area contributed by atoms with E-state index in [-0.39, 0.29) is 5.56 Å². The molecule has 0 saturated heterocycles. The quantitative estimate of drug-likeness (QED) is 0.832. The lowest BCUT2D eigenvalue weighted by atomic mass is 10.1. The minimum absolute atomic E-state index is 0.203. The minimum atomic E-state index is -1.32. The Hall–Kier alpha value is -2.47. The molecule has 0 aliphatic carbocycles. The molecule has 0 spiro atoms. The van der Waals surface area contributed by atoms with Crippen molar-refractivity contribution >= 4 is 28.4 Å². The molecule has 0 bridgehead atoms. The highest BCUT2D eigenvalue weighted by molar-refractivity contribution is 7.84. The highest BCUT2D eigenvalue weighted by Gasteiger charge is 2.22. The molecular formula is C19H21NO4S. The maximum atomic E-state index is 12.3. The summed E-state index contributed by atoms with van der Waals surface area (Å²) >= 11 is 0. The Morgan fingerprint density at radius 1 is 1.12 bits per heavy atom. The highest BCUT2D eigenvalue weighted by atomic mass is 32.2. The average molecular weight is 359 g/mol. The van der Waals surface area contributed by atoms with Crippen LogP contribution in [0.2, 0.25) is 0 Å². The van der Waals surface area contributed by atoms with Crippen LogP contribution in [0.5, 0.6) is 0 Å². The summed E-state index contributed by atoms with van der Waals surface area (Å²) in [4.78, 5) is 25.0. The standard InChI is InChI=1S/C19H21NO4S/c1-12-9-10-16(13(2)11-12)20-18(21)14(3)24-19(22)15-7-5-6-8-17(15)25(4)23/h5-11,14H,1-4H3,(H,20,21)/t14-,25-/m1/s1. The van der Waals surface area contributed by atoms with Gasteiger partial charge in [0, 0.05) is 11.9 Å². The van der Waals surface area contributed by atoms with Gasteiger partial charge in [0.25, 0.3) is 5.91 Å². The first kappa shape index (κ1) is 18.9. The molecule has 0 aliphatic heterocycles. The van der Waals surface area contributed by atoms with Crippen LogP contribution in [0.15, 0.2) is 47.4 Å². The fourth-order valence-corrected chi connectivity index (χ4v) is 3.08. The lowest BCUT2D eigenvalue weighted by Gasteiger charge is -2.15. The summed E-state index contributed by atoms with van der Waals surface area (Å²) in [6, 6.07) is 12.2. The Morgan fingerprint density at radius 3 is 2.44 bits per heavy atom. The first-order chi connectivity index (χ1) is 11.8. The van der Waals surface area contributed by atoms with E-state index < -0.39 is 28.8 Å². The molecule has 0 heterocycles. The molecule has 2 rings (SSSR count). The topological polar surface area (TPSA) is 72.5 Å². The molecule has 2 atom stereocenters. The predicted molar refractivity (Wildman–Crippen MR) is 98.2 cm³/mol. The van der Waals surface area contributed by atoms with Crippen LogP contribution in [0.3, 0.4) is 0 Å². The lowest BCUT2D eigenvalue weighted by Crippen LogP contribution is -2.30. The first-order valence-electron chi connectivity index (χ1n) is 7.81. The van der Waals surface area contributed by atoms with Gasteiger partial charge < -0.3 is 10.1 Å². The van der Waals surface area contributed by atoms with E-state index in [1.54, 1.807) is 18.2 Å². The number of carbonyl (C=O) groups excluding carboxylic acids is 2. The van der Waals surface area contributed by atoms with Gasteiger partial charge in [0.1, 0.15) is 0 Å². The van der Waals surface area contributed by atoms with E-state index in [9.17, 15) is 13.8 Å². The van der Waals surface area contributed by atoms with Gasteiger partial charge in [-0.1, -0.05) is 29.8 Å². The molecule has 0 aromatic heterocycles. The van der Waals surface area contributed by atoms with Crippen LogP contribution in [0.25, 0.3) is 0 Å². The van der Waals surface area contributed by atoms with Crippen LogP contribution in [0.4, 0.5) is 5.69 Å². The normalized spacial score (nSPS) is 13.0. The van der Waals surface area contributed by atoms with Crippen LogP contribution in [-0.2, 0) is 20.3 Å². The third-order valence-corrected chi connectivity index (χ3v) is 4.68. The van der Waals surface area contributed by atoms with Crippen LogP contribution in [-0.4, -0.2) is 28.4 Å². The van der Waals surface area contributed by atoms with Crippen LogP contribution in [0, 0.1) is 13.8 Å². The fourth-order valence-electron chi connectivity index (χ4n) is 2.35. The maximum absolute atomic E-state index is 12.3. The van der Waals surface area contributed by atoms with Crippen molar-refractivity contribution in [1.82, 2.24) is 0 Å². The Morgan fingerprint density at radius 2 is 1.80 bits per heavy atom. The molecule has 5 nitrogen and oxygen atoms in total. The molecule has 1 N–H and O–H groups in total. The summed E-state index contributed by atoms with van der Waals surface area (Å²) in [5.41, 5.74) is 2.90. The van der Waals surface area contributed by atoms with E-state index in [2.05, 4.69) is 5.32 Å². The Labute approximate surface area is 149 Å². The number of anilines is 1. The zero-order chi connectivity index (χ0) is 18.6. The predicted octanol–water partition coefficient (Wildman–Crippen LogP) is 3.22. The van der Waals surface area contributed by atoms with E-state index in [0.29, 0.717) is 10.6 Å². The number of rotatable bonds is 5. The van der Waals surface area contributed by atoms with Gasteiger partial charge in [-0.3, -0.25) is 9.00 Å². The summed E-state index contributed by atoms with van der Waals surface area (Å²) < 4.78 is 17.0. The number of esters is 1. The van der Waals surface area contributed by atoms with Crippen LogP contribution in [0.1, 0.15) is 28.4 Å². The lowest BCUT2D eigenvalue weighted by molar-refractivity contribution is -0.123. The summed E-state index contributed by atoms with van der Waals surface area (Å²) in [6.45, 7) is 5.37.